The quantitative estimate of drug-likeness (QED) is 0.253. The second kappa shape index (κ2) is 15.8. The largest absolute Gasteiger partial charge is 0.444 e. The molecule has 0 saturated carbocycles. The summed E-state index contributed by atoms with van der Waals surface area (Å²) in [6, 6.07) is 13.5. The van der Waals surface area contributed by atoms with E-state index in [-0.39, 0.29) is 23.8 Å². The van der Waals surface area contributed by atoms with E-state index < -0.39 is 23.8 Å². The van der Waals surface area contributed by atoms with Gasteiger partial charge in [0, 0.05) is 11.7 Å². The Morgan fingerprint density at radius 2 is 1.50 bits per heavy atom. The predicted octanol–water partition coefficient (Wildman–Crippen LogP) is 7.83. The molecule has 3 unspecified atom stereocenters. The van der Waals surface area contributed by atoms with Gasteiger partial charge in [0.05, 0.1) is 0 Å². The normalized spacial score (nSPS) is 13.8. The molecule has 0 radical (unpaired) electrons. The molecule has 2 aromatic rings. The summed E-state index contributed by atoms with van der Waals surface area (Å²) in [7, 11) is 0. The molecule has 0 fully saturated rings. The molecule has 7 nitrogen and oxygen atoms in total. The van der Waals surface area contributed by atoms with Crippen molar-refractivity contribution >= 4 is 23.6 Å². The Balaban J connectivity index is 2.65. The molecule has 0 heterocycles. The first-order valence-electron chi connectivity index (χ1n) is 15.4. The van der Waals surface area contributed by atoms with Gasteiger partial charge in [-0.3, -0.25) is 9.59 Å². The Morgan fingerprint density at radius 3 is 2.02 bits per heavy atom. The molecule has 3 atom stereocenters. The highest BCUT2D eigenvalue weighted by molar-refractivity contribution is 5.99. The number of aryl methyl sites for hydroxylation is 2. The van der Waals surface area contributed by atoms with Gasteiger partial charge in [-0.15, -0.1) is 0 Å². The Kier molecular flexibility index (Phi) is 13.1. The van der Waals surface area contributed by atoms with Crippen molar-refractivity contribution < 1.29 is 19.1 Å². The van der Waals surface area contributed by atoms with Gasteiger partial charge in [-0.25, -0.2) is 4.79 Å². The molecular formula is C35H53N3O4. The van der Waals surface area contributed by atoms with Crippen molar-refractivity contribution in [3.63, 3.8) is 0 Å². The maximum Gasteiger partial charge on any atom is 0.408 e. The van der Waals surface area contributed by atoms with Crippen LogP contribution in [0.4, 0.5) is 10.5 Å². The lowest BCUT2D eigenvalue weighted by atomic mass is 9.94. The van der Waals surface area contributed by atoms with E-state index >= 15 is 0 Å². The zero-order chi connectivity index (χ0) is 31.6. The number of rotatable bonds is 13. The van der Waals surface area contributed by atoms with Crippen molar-refractivity contribution in [2.45, 2.75) is 119 Å². The maximum atomic E-state index is 14.6. The first-order chi connectivity index (χ1) is 19.6. The Hall–Kier alpha value is -3.35. The summed E-state index contributed by atoms with van der Waals surface area (Å²) in [5.74, 6) is -0.0437. The van der Waals surface area contributed by atoms with Gasteiger partial charge in [-0.1, -0.05) is 77.1 Å². The first-order valence-corrected chi connectivity index (χ1v) is 15.4. The second-order valence-corrected chi connectivity index (χ2v) is 13.2. The third-order valence-electron chi connectivity index (χ3n) is 7.22. The second-order valence-electron chi connectivity index (χ2n) is 13.2. The van der Waals surface area contributed by atoms with Crippen molar-refractivity contribution in [2.75, 3.05) is 5.32 Å². The molecule has 0 saturated heterocycles. The molecule has 232 valence electrons. The Morgan fingerprint density at radius 1 is 0.881 bits per heavy atom. The fourth-order valence-electron chi connectivity index (χ4n) is 4.92. The molecule has 42 heavy (non-hydrogen) atoms. The van der Waals surface area contributed by atoms with Gasteiger partial charge in [-0.05, 0) is 94.9 Å². The van der Waals surface area contributed by atoms with Crippen molar-refractivity contribution in [2.24, 2.45) is 11.8 Å². The highest BCUT2D eigenvalue weighted by atomic mass is 16.6. The number of carbonyl (C=O) groups is 3. The number of hydrogen-bond acceptors (Lipinski definition) is 4. The molecule has 0 aliphatic carbocycles. The number of alkyl carbamates (subject to hydrolysis) is 1. The molecule has 0 aliphatic rings. The lowest BCUT2D eigenvalue weighted by Gasteiger charge is -2.39. The summed E-state index contributed by atoms with van der Waals surface area (Å²) in [5, 5.41) is 5.94. The van der Waals surface area contributed by atoms with E-state index in [4.69, 9.17) is 4.74 Å². The van der Waals surface area contributed by atoms with Gasteiger partial charge < -0.3 is 20.3 Å². The van der Waals surface area contributed by atoms with E-state index in [1.54, 1.807) is 25.7 Å². The molecule has 0 bridgehead atoms. The molecule has 3 amide bonds. The summed E-state index contributed by atoms with van der Waals surface area (Å²) >= 11 is 0. The lowest BCUT2D eigenvalue weighted by Crippen LogP contribution is -2.55. The topological polar surface area (TPSA) is 87.7 Å². The van der Waals surface area contributed by atoms with Gasteiger partial charge >= 0.3 is 6.09 Å². The number of anilines is 1. The van der Waals surface area contributed by atoms with Crippen molar-refractivity contribution in [3.05, 3.63) is 65.2 Å². The van der Waals surface area contributed by atoms with Crippen LogP contribution < -0.4 is 10.6 Å². The highest BCUT2D eigenvalue weighted by Gasteiger charge is 2.39. The third-order valence-corrected chi connectivity index (χ3v) is 7.22. The predicted molar refractivity (Wildman–Crippen MR) is 171 cm³/mol. The smallest absolute Gasteiger partial charge is 0.408 e. The van der Waals surface area contributed by atoms with Crippen LogP contribution in [0.1, 0.15) is 104 Å². The molecular weight excluding hydrogens is 526 g/mol. The van der Waals surface area contributed by atoms with Crippen LogP contribution >= 0.6 is 0 Å². The van der Waals surface area contributed by atoms with Crippen molar-refractivity contribution in [1.82, 2.24) is 10.2 Å². The summed E-state index contributed by atoms with van der Waals surface area (Å²) in [4.78, 5) is 43.4. The molecule has 2 N–H and O–H groups in total. The summed E-state index contributed by atoms with van der Waals surface area (Å²) in [6.45, 7) is 19.7. The van der Waals surface area contributed by atoms with Crippen molar-refractivity contribution in [3.8, 4) is 0 Å². The van der Waals surface area contributed by atoms with Gasteiger partial charge in [0.1, 0.15) is 17.7 Å². The van der Waals surface area contributed by atoms with Crippen LogP contribution in [-0.4, -0.2) is 40.5 Å². The summed E-state index contributed by atoms with van der Waals surface area (Å²) in [5.41, 5.74) is 2.79. The Bertz CT molecular complexity index is 1170. The standard InChI is InChI=1S/C35H53N3O4/c1-11-27-18-20-28(21-19-27)31(32(39)36-29-15-13-12-14-25(29)6)38(26(7)17-16-23(2)3)33(40)30(22-24(4)5)37-34(41)42-35(8,9)10/h12-15,18-21,23-24,26,30-31H,11,16-17,22H2,1-10H3,(H,36,39)(H,37,41). The number of nitrogens with zero attached hydrogens (tertiary/aromatic N) is 1. The zero-order valence-corrected chi connectivity index (χ0v) is 27.4. The van der Waals surface area contributed by atoms with Gasteiger partial charge in [0.25, 0.3) is 5.91 Å². The number of carbonyl (C=O) groups excluding carboxylic acids is 3. The first kappa shape index (κ1) is 34.8. The molecule has 2 rings (SSSR count). The highest BCUT2D eigenvalue weighted by Crippen LogP contribution is 2.30. The van der Waals surface area contributed by atoms with Crippen LogP contribution in [0.2, 0.25) is 0 Å². The minimum Gasteiger partial charge on any atom is -0.444 e. The van der Waals surface area contributed by atoms with Crippen LogP contribution in [0.15, 0.2) is 48.5 Å². The zero-order valence-electron chi connectivity index (χ0n) is 27.4. The van der Waals surface area contributed by atoms with E-state index in [2.05, 4.69) is 31.4 Å². The number of nitrogens with one attached hydrogen (secondary N) is 2. The van der Waals surface area contributed by atoms with Gasteiger partial charge in [-0.2, -0.15) is 0 Å². The van der Waals surface area contributed by atoms with Crippen LogP contribution in [0.25, 0.3) is 0 Å². The van der Waals surface area contributed by atoms with Crippen LogP contribution in [0.5, 0.6) is 0 Å². The fourth-order valence-corrected chi connectivity index (χ4v) is 4.92. The average Bonchev–Trinajstić information content (AvgIpc) is 2.89. The van der Waals surface area contributed by atoms with Crippen LogP contribution in [0, 0.1) is 18.8 Å². The van der Waals surface area contributed by atoms with Gasteiger partial charge in [0.15, 0.2) is 0 Å². The SMILES string of the molecule is CCc1ccc(C(C(=O)Nc2ccccc2C)N(C(=O)C(CC(C)C)NC(=O)OC(C)(C)C)C(C)CCC(C)C)cc1. The van der Waals surface area contributed by atoms with Crippen LogP contribution in [0.3, 0.4) is 0 Å². The molecule has 2 aromatic carbocycles. The van der Waals surface area contributed by atoms with Crippen LogP contribution in [-0.2, 0) is 20.7 Å². The van der Waals surface area contributed by atoms with E-state index in [0.717, 1.165) is 29.5 Å². The van der Waals surface area contributed by atoms with Gasteiger partial charge in [0.2, 0.25) is 5.91 Å². The molecule has 7 heteroatoms. The van der Waals surface area contributed by atoms with E-state index in [9.17, 15) is 14.4 Å². The lowest BCUT2D eigenvalue weighted by molar-refractivity contribution is -0.144. The van der Waals surface area contributed by atoms with Crippen molar-refractivity contribution in [1.29, 1.82) is 0 Å². The number of para-hydroxylation sites is 1. The monoisotopic (exact) mass is 579 g/mol. The number of ether oxygens (including phenoxy) is 1. The van der Waals surface area contributed by atoms with E-state index in [1.807, 2.05) is 76.2 Å². The fraction of sp³-hybridized carbons (Fsp3) is 0.571. The summed E-state index contributed by atoms with van der Waals surface area (Å²) in [6.07, 6.45) is 2.23. The minimum atomic E-state index is -0.903. The number of hydrogen-bond donors (Lipinski definition) is 2. The number of benzene rings is 2. The molecule has 0 aliphatic heterocycles. The minimum absolute atomic E-state index is 0.116. The third kappa shape index (κ3) is 10.8. The van der Waals surface area contributed by atoms with E-state index in [1.165, 1.54) is 0 Å². The molecule has 0 spiro atoms. The number of amides is 3. The maximum absolute atomic E-state index is 14.6. The molecule has 0 aromatic heterocycles. The van der Waals surface area contributed by atoms with E-state index in [0.29, 0.717) is 24.4 Å². The summed E-state index contributed by atoms with van der Waals surface area (Å²) < 4.78 is 5.53. The average molecular weight is 580 g/mol. The Labute approximate surface area is 253 Å².